The van der Waals surface area contributed by atoms with Gasteiger partial charge in [0.2, 0.25) is 0 Å². The highest BCUT2D eigenvalue weighted by Gasteiger charge is 2.23. The molecule has 1 aliphatic heterocycles. The van der Waals surface area contributed by atoms with Gasteiger partial charge in [-0.1, -0.05) is 36.7 Å². The molecular formula is C23H33N5OS. The monoisotopic (exact) mass is 427 g/mol. The van der Waals surface area contributed by atoms with Crippen molar-refractivity contribution in [1.82, 2.24) is 25.0 Å². The molecule has 30 heavy (non-hydrogen) atoms. The van der Waals surface area contributed by atoms with Crippen LogP contribution >= 0.6 is 11.8 Å². The van der Waals surface area contributed by atoms with Crippen molar-refractivity contribution in [3.8, 4) is 0 Å². The van der Waals surface area contributed by atoms with Gasteiger partial charge in [-0.15, -0.1) is 10.2 Å². The number of hydrogen-bond acceptors (Lipinski definition) is 5. The Morgan fingerprint density at radius 2 is 1.97 bits per heavy atom. The van der Waals surface area contributed by atoms with Crippen LogP contribution in [0, 0.1) is 0 Å². The number of benzene rings is 1. The highest BCUT2D eigenvalue weighted by Crippen LogP contribution is 2.33. The van der Waals surface area contributed by atoms with Crippen LogP contribution in [-0.2, 0) is 13.0 Å². The van der Waals surface area contributed by atoms with Gasteiger partial charge in [-0.3, -0.25) is 9.69 Å². The van der Waals surface area contributed by atoms with Crippen LogP contribution < -0.4 is 5.32 Å². The second kappa shape index (κ2) is 10.4. The lowest BCUT2D eigenvalue weighted by Gasteiger charge is -2.16. The van der Waals surface area contributed by atoms with Crippen molar-refractivity contribution in [1.29, 1.82) is 0 Å². The van der Waals surface area contributed by atoms with E-state index in [0.717, 1.165) is 35.9 Å². The zero-order chi connectivity index (χ0) is 20.8. The van der Waals surface area contributed by atoms with Crippen molar-refractivity contribution in [2.45, 2.75) is 69.1 Å². The number of amides is 1. The molecule has 2 aromatic rings. The van der Waals surface area contributed by atoms with Gasteiger partial charge in [-0.25, -0.2) is 0 Å². The van der Waals surface area contributed by atoms with Gasteiger partial charge in [0, 0.05) is 31.1 Å². The van der Waals surface area contributed by atoms with E-state index in [4.69, 9.17) is 0 Å². The van der Waals surface area contributed by atoms with E-state index in [-0.39, 0.29) is 5.91 Å². The Balaban J connectivity index is 1.28. The van der Waals surface area contributed by atoms with Crippen LogP contribution in [0.2, 0.25) is 0 Å². The summed E-state index contributed by atoms with van der Waals surface area (Å²) in [4.78, 5) is 15.1. The van der Waals surface area contributed by atoms with Gasteiger partial charge in [0.15, 0.2) is 5.16 Å². The van der Waals surface area contributed by atoms with E-state index in [1.54, 1.807) is 11.8 Å². The van der Waals surface area contributed by atoms with Crippen LogP contribution in [0.25, 0.3) is 0 Å². The first-order valence-electron chi connectivity index (χ1n) is 11.3. The van der Waals surface area contributed by atoms with Crippen molar-refractivity contribution in [2.24, 2.45) is 0 Å². The molecule has 1 saturated carbocycles. The van der Waals surface area contributed by atoms with E-state index in [2.05, 4.69) is 37.3 Å². The fourth-order valence-electron chi connectivity index (χ4n) is 4.71. The Morgan fingerprint density at radius 3 is 2.73 bits per heavy atom. The number of nitrogens with one attached hydrogen (secondary N) is 1. The number of likely N-dealkylation sites (tertiary alicyclic amines) is 1. The minimum absolute atomic E-state index is 0.0142. The number of thioether (sulfide) groups is 1. The molecule has 1 aromatic heterocycles. The summed E-state index contributed by atoms with van der Waals surface area (Å²) in [6.45, 7) is 3.93. The fourth-order valence-corrected chi connectivity index (χ4v) is 5.28. The second-order valence-corrected chi connectivity index (χ2v) is 9.23. The molecule has 0 atom stereocenters. The summed E-state index contributed by atoms with van der Waals surface area (Å²) in [6, 6.07) is 8.60. The summed E-state index contributed by atoms with van der Waals surface area (Å²) in [6.07, 6.45) is 11.4. The Labute approximate surface area is 183 Å². The molecule has 0 unspecified atom stereocenters. The molecule has 1 amide bonds. The Kier molecular flexibility index (Phi) is 7.44. The first kappa shape index (κ1) is 21.4. The van der Waals surface area contributed by atoms with Crippen molar-refractivity contribution in [2.75, 3.05) is 25.9 Å². The molecule has 2 fully saturated rings. The van der Waals surface area contributed by atoms with E-state index >= 15 is 0 Å². The number of aryl methyl sites for hydroxylation is 1. The van der Waals surface area contributed by atoms with Gasteiger partial charge in [0.05, 0.1) is 0 Å². The Bertz CT molecular complexity index is 840. The molecule has 2 heterocycles. The van der Waals surface area contributed by atoms with Gasteiger partial charge in [-0.2, -0.15) is 0 Å². The van der Waals surface area contributed by atoms with Gasteiger partial charge in [0.25, 0.3) is 5.91 Å². The predicted molar refractivity (Wildman–Crippen MR) is 121 cm³/mol. The highest BCUT2D eigenvalue weighted by molar-refractivity contribution is 7.98. The normalized spacial score (nSPS) is 17.6. The number of aromatic nitrogens is 3. The van der Waals surface area contributed by atoms with Crippen LogP contribution in [0.4, 0.5) is 0 Å². The smallest absolute Gasteiger partial charge is 0.251 e. The molecule has 0 spiro atoms. The third-order valence-corrected chi connectivity index (χ3v) is 6.91. The molecule has 1 saturated heterocycles. The summed E-state index contributed by atoms with van der Waals surface area (Å²) in [5, 5.41) is 12.9. The van der Waals surface area contributed by atoms with E-state index in [1.165, 1.54) is 57.2 Å². The van der Waals surface area contributed by atoms with E-state index < -0.39 is 0 Å². The Hall–Kier alpha value is -1.86. The minimum Gasteiger partial charge on any atom is -0.352 e. The number of carbonyl (C=O) groups is 1. The molecule has 7 heteroatoms. The average Bonchev–Trinajstić information content (AvgIpc) is 3.52. The molecular weight excluding hydrogens is 394 g/mol. The van der Waals surface area contributed by atoms with Crippen molar-refractivity contribution >= 4 is 17.7 Å². The standard InChI is InChI=1S/C23H33N5OS/c1-30-23-26-25-21(28(23)20-10-2-3-11-20)12-7-13-24-22(29)19-9-6-8-18(16-19)17-27-14-4-5-15-27/h6,8-9,16,20H,2-5,7,10-15,17H2,1H3,(H,24,29). The zero-order valence-electron chi connectivity index (χ0n) is 18.0. The number of rotatable bonds is 9. The maximum absolute atomic E-state index is 12.6. The quantitative estimate of drug-likeness (QED) is 0.483. The Morgan fingerprint density at radius 1 is 1.17 bits per heavy atom. The van der Waals surface area contributed by atoms with Gasteiger partial charge < -0.3 is 9.88 Å². The first-order valence-corrected chi connectivity index (χ1v) is 12.5. The minimum atomic E-state index is 0.0142. The lowest BCUT2D eigenvalue weighted by atomic mass is 10.1. The maximum atomic E-state index is 12.6. The molecule has 1 aromatic carbocycles. The summed E-state index contributed by atoms with van der Waals surface area (Å²) >= 11 is 1.67. The van der Waals surface area contributed by atoms with Crippen molar-refractivity contribution in [3.05, 3.63) is 41.2 Å². The lowest BCUT2D eigenvalue weighted by molar-refractivity contribution is 0.0953. The molecule has 1 aliphatic carbocycles. The molecule has 2 aliphatic rings. The van der Waals surface area contributed by atoms with Crippen molar-refractivity contribution in [3.63, 3.8) is 0 Å². The molecule has 0 bridgehead atoms. The van der Waals surface area contributed by atoms with Crippen LogP contribution in [0.1, 0.15) is 72.7 Å². The first-order chi connectivity index (χ1) is 14.7. The summed E-state index contributed by atoms with van der Waals surface area (Å²) in [5.74, 6) is 1.08. The zero-order valence-corrected chi connectivity index (χ0v) is 18.8. The third kappa shape index (κ3) is 5.24. The molecule has 0 radical (unpaired) electrons. The third-order valence-electron chi connectivity index (χ3n) is 6.26. The van der Waals surface area contributed by atoms with Crippen LogP contribution in [0.5, 0.6) is 0 Å². The van der Waals surface area contributed by atoms with Gasteiger partial charge in [0.1, 0.15) is 5.82 Å². The summed E-state index contributed by atoms with van der Waals surface area (Å²) in [7, 11) is 0. The van der Waals surface area contributed by atoms with Gasteiger partial charge in [-0.05, 0) is 69.1 Å². The summed E-state index contributed by atoms with van der Waals surface area (Å²) in [5.41, 5.74) is 1.98. The number of hydrogen-bond donors (Lipinski definition) is 1. The van der Waals surface area contributed by atoms with Gasteiger partial charge >= 0.3 is 0 Å². The average molecular weight is 428 g/mol. The lowest BCUT2D eigenvalue weighted by Crippen LogP contribution is -2.25. The van der Waals surface area contributed by atoms with E-state index in [0.29, 0.717) is 12.6 Å². The van der Waals surface area contributed by atoms with Crippen LogP contribution in [0.3, 0.4) is 0 Å². The number of carbonyl (C=O) groups excluding carboxylic acids is 1. The van der Waals surface area contributed by atoms with Crippen molar-refractivity contribution < 1.29 is 4.79 Å². The molecule has 6 nitrogen and oxygen atoms in total. The van der Waals surface area contributed by atoms with Crippen LogP contribution in [-0.4, -0.2) is 51.5 Å². The largest absolute Gasteiger partial charge is 0.352 e. The SMILES string of the molecule is CSc1nnc(CCCNC(=O)c2cccc(CN3CCCC3)c2)n1C1CCCC1. The van der Waals surface area contributed by atoms with E-state index in [1.807, 2.05) is 18.2 Å². The molecule has 4 rings (SSSR count). The predicted octanol–water partition coefficient (Wildman–Crippen LogP) is 4.07. The van der Waals surface area contributed by atoms with Crippen LogP contribution in [0.15, 0.2) is 29.4 Å². The topological polar surface area (TPSA) is 63.1 Å². The number of nitrogens with zero attached hydrogens (tertiary/aromatic N) is 4. The summed E-state index contributed by atoms with van der Waals surface area (Å²) < 4.78 is 2.35. The van der Waals surface area contributed by atoms with E-state index in [9.17, 15) is 4.79 Å². The maximum Gasteiger partial charge on any atom is 0.251 e. The highest BCUT2D eigenvalue weighted by atomic mass is 32.2. The second-order valence-electron chi connectivity index (χ2n) is 8.45. The molecule has 162 valence electrons. The molecule has 1 N–H and O–H groups in total. The fraction of sp³-hybridized carbons (Fsp3) is 0.609.